The maximum absolute atomic E-state index is 12.5. The van der Waals surface area contributed by atoms with Crippen molar-refractivity contribution in [2.45, 2.75) is 59.1 Å². The summed E-state index contributed by atoms with van der Waals surface area (Å²) >= 11 is 0. The lowest BCUT2D eigenvalue weighted by Crippen LogP contribution is -2.19. The summed E-state index contributed by atoms with van der Waals surface area (Å²) in [5.41, 5.74) is 1.33. The molecular formula is C19H26N2O3. The van der Waals surface area contributed by atoms with Crippen LogP contribution >= 0.6 is 0 Å². The fourth-order valence-electron chi connectivity index (χ4n) is 2.48. The minimum absolute atomic E-state index is 0.0579. The molecule has 0 spiro atoms. The van der Waals surface area contributed by atoms with Crippen molar-refractivity contribution >= 4 is 5.97 Å². The fourth-order valence-corrected chi connectivity index (χ4v) is 2.48. The van der Waals surface area contributed by atoms with Crippen molar-refractivity contribution in [3.8, 4) is 5.75 Å². The van der Waals surface area contributed by atoms with Crippen LogP contribution in [-0.2, 0) is 22.3 Å². The number of benzene rings is 1. The highest BCUT2D eigenvalue weighted by Gasteiger charge is 2.28. The number of ether oxygens (including phenoxy) is 1. The minimum Gasteiger partial charge on any atom is -0.507 e. The topological polar surface area (TPSA) is 64.4 Å². The molecule has 1 N–H and O–H groups in total. The van der Waals surface area contributed by atoms with Crippen LogP contribution in [0.5, 0.6) is 5.75 Å². The maximum Gasteiger partial charge on any atom is 0.339 e. The van der Waals surface area contributed by atoms with Crippen molar-refractivity contribution in [2.24, 2.45) is 0 Å². The Balaban J connectivity index is 2.40. The zero-order valence-corrected chi connectivity index (χ0v) is 15.3. The molecule has 1 aromatic heterocycles. The van der Waals surface area contributed by atoms with Crippen LogP contribution in [-0.4, -0.2) is 20.9 Å². The number of esters is 1. The van der Waals surface area contributed by atoms with Gasteiger partial charge in [-0.15, -0.1) is 0 Å². The third-order valence-electron chi connectivity index (χ3n) is 3.85. The lowest BCUT2D eigenvalue weighted by atomic mass is 9.78. The first kappa shape index (κ1) is 18.0. The summed E-state index contributed by atoms with van der Waals surface area (Å²) in [5.74, 6) is -0.180. The van der Waals surface area contributed by atoms with E-state index in [1.165, 1.54) is 4.68 Å². The van der Waals surface area contributed by atoms with E-state index in [9.17, 15) is 9.90 Å². The number of aromatic nitrogens is 2. The number of phenols is 1. The number of phenolic OH excluding ortho intramolecular Hbond substituents is 1. The molecule has 0 fully saturated rings. The summed E-state index contributed by atoms with van der Waals surface area (Å²) in [6, 6.07) is 5.20. The quantitative estimate of drug-likeness (QED) is 0.864. The first-order chi connectivity index (χ1) is 11.0. The average molecular weight is 330 g/mol. The van der Waals surface area contributed by atoms with Gasteiger partial charge in [-0.05, 0) is 29.0 Å². The third-order valence-corrected chi connectivity index (χ3v) is 3.85. The molecule has 2 rings (SSSR count). The molecule has 2 aromatic rings. The van der Waals surface area contributed by atoms with E-state index in [0.717, 1.165) is 11.1 Å². The van der Waals surface area contributed by atoms with Gasteiger partial charge < -0.3 is 9.84 Å². The first-order valence-electron chi connectivity index (χ1n) is 8.02. The second-order valence-electron chi connectivity index (χ2n) is 8.03. The predicted molar refractivity (Wildman–Crippen MR) is 93.1 cm³/mol. The summed E-state index contributed by atoms with van der Waals surface area (Å²) in [7, 11) is 0. The van der Waals surface area contributed by atoms with E-state index >= 15 is 0 Å². The highest BCUT2D eigenvalue weighted by Crippen LogP contribution is 2.39. The van der Waals surface area contributed by atoms with Crippen molar-refractivity contribution in [1.82, 2.24) is 9.78 Å². The average Bonchev–Trinajstić information content (AvgIpc) is 2.95. The smallest absolute Gasteiger partial charge is 0.339 e. The molecule has 0 atom stereocenters. The van der Waals surface area contributed by atoms with E-state index < -0.39 is 5.97 Å². The number of carbonyl (C=O) groups excluding carboxylic acids is 1. The molecule has 0 aliphatic heterocycles. The van der Waals surface area contributed by atoms with Crippen molar-refractivity contribution < 1.29 is 14.6 Å². The second-order valence-corrected chi connectivity index (χ2v) is 8.03. The zero-order valence-electron chi connectivity index (χ0n) is 15.3. The molecule has 0 amide bonds. The minimum atomic E-state index is -0.429. The van der Waals surface area contributed by atoms with E-state index in [1.807, 2.05) is 41.5 Å². The lowest BCUT2D eigenvalue weighted by molar-refractivity contribution is 0.0349. The molecule has 5 nitrogen and oxygen atoms in total. The summed E-state index contributed by atoms with van der Waals surface area (Å²) in [6.07, 6.45) is 3.36. The molecule has 0 saturated carbocycles. The van der Waals surface area contributed by atoms with Crippen molar-refractivity contribution in [3.63, 3.8) is 0 Å². The summed E-state index contributed by atoms with van der Waals surface area (Å²) in [6.45, 7) is 12.1. The van der Waals surface area contributed by atoms with Gasteiger partial charge in [-0.2, -0.15) is 5.10 Å². The number of aromatic hydroxyl groups is 1. The van der Waals surface area contributed by atoms with E-state index in [2.05, 4.69) is 5.10 Å². The SMILES string of the molecule is CC(C)(C)c1cc(C(=O)OCn2cccn2)cc(C(C)(C)C)c1O. The van der Waals surface area contributed by atoms with Crippen molar-refractivity contribution in [1.29, 1.82) is 0 Å². The number of nitrogens with zero attached hydrogens (tertiary/aromatic N) is 2. The molecular weight excluding hydrogens is 304 g/mol. The Labute approximate surface area is 143 Å². The standard InChI is InChI=1S/C19H26N2O3/c1-18(2,3)14-10-13(11-15(16(14)22)19(4,5)6)17(23)24-12-21-9-7-8-20-21/h7-11,22H,12H2,1-6H3. The Hall–Kier alpha value is -2.30. The third kappa shape index (κ3) is 3.96. The van der Waals surface area contributed by atoms with E-state index in [-0.39, 0.29) is 23.3 Å². The van der Waals surface area contributed by atoms with Gasteiger partial charge in [0.2, 0.25) is 0 Å². The molecule has 130 valence electrons. The fraction of sp³-hybridized carbons (Fsp3) is 0.474. The molecule has 1 aromatic carbocycles. The maximum atomic E-state index is 12.5. The van der Waals surface area contributed by atoms with Gasteiger partial charge in [-0.25, -0.2) is 9.48 Å². The summed E-state index contributed by atoms with van der Waals surface area (Å²) in [4.78, 5) is 12.5. The van der Waals surface area contributed by atoms with Crippen molar-refractivity contribution in [2.75, 3.05) is 0 Å². The molecule has 24 heavy (non-hydrogen) atoms. The molecule has 5 heteroatoms. The van der Waals surface area contributed by atoms with Gasteiger partial charge in [-0.3, -0.25) is 0 Å². The largest absolute Gasteiger partial charge is 0.507 e. The van der Waals surface area contributed by atoms with Crippen molar-refractivity contribution in [3.05, 3.63) is 47.3 Å². The Morgan fingerprint density at radius 3 is 2.08 bits per heavy atom. The van der Waals surface area contributed by atoms with Crippen LogP contribution in [0.3, 0.4) is 0 Å². The van der Waals surface area contributed by atoms with Gasteiger partial charge in [-0.1, -0.05) is 41.5 Å². The Kier molecular flexibility index (Phi) is 4.74. The molecule has 1 heterocycles. The monoisotopic (exact) mass is 330 g/mol. The summed E-state index contributed by atoms with van der Waals surface area (Å²) in [5, 5.41) is 14.7. The highest BCUT2D eigenvalue weighted by molar-refractivity contribution is 5.90. The summed E-state index contributed by atoms with van der Waals surface area (Å²) < 4.78 is 6.86. The van der Waals surface area contributed by atoms with Crippen LogP contribution in [0.1, 0.15) is 63.0 Å². The Bertz CT molecular complexity index is 685. The van der Waals surface area contributed by atoms with Gasteiger partial charge in [0, 0.05) is 23.5 Å². The normalized spacial score (nSPS) is 12.2. The van der Waals surface area contributed by atoms with Gasteiger partial charge in [0.15, 0.2) is 6.73 Å². The molecule has 0 saturated heterocycles. The number of hydrogen-bond acceptors (Lipinski definition) is 4. The van der Waals surface area contributed by atoms with Gasteiger partial charge in [0.25, 0.3) is 0 Å². The zero-order chi connectivity index (χ0) is 18.1. The van der Waals surface area contributed by atoms with Crippen LogP contribution < -0.4 is 0 Å². The molecule has 0 radical (unpaired) electrons. The Morgan fingerprint density at radius 1 is 1.12 bits per heavy atom. The molecule has 0 aliphatic carbocycles. The van der Waals surface area contributed by atoms with E-state index in [1.54, 1.807) is 30.6 Å². The number of hydrogen-bond donors (Lipinski definition) is 1. The molecule has 0 unspecified atom stereocenters. The van der Waals surface area contributed by atoms with Gasteiger partial charge in [0.05, 0.1) is 5.56 Å². The van der Waals surface area contributed by atoms with Crippen LogP contribution in [0.2, 0.25) is 0 Å². The van der Waals surface area contributed by atoms with Gasteiger partial charge in [0.1, 0.15) is 5.75 Å². The van der Waals surface area contributed by atoms with Gasteiger partial charge >= 0.3 is 5.97 Å². The van der Waals surface area contributed by atoms with Crippen LogP contribution in [0, 0.1) is 0 Å². The lowest BCUT2D eigenvalue weighted by Gasteiger charge is -2.27. The second kappa shape index (κ2) is 6.30. The Morgan fingerprint density at radius 2 is 1.67 bits per heavy atom. The number of carbonyl (C=O) groups is 1. The predicted octanol–water partition coefficient (Wildman–Crippen LogP) is 4.00. The molecule has 0 aliphatic rings. The van der Waals surface area contributed by atoms with E-state index in [4.69, 9.17) is 4.74 Å². The first-order valence-corrected chi connectivity index (χ1v) is 8.02. The van der Waals surface area contributed by atoms with Crippen LogP contribution in [0.25, 0.3) is 0 Å². The highest BCUT2D eigenvalue weighted by atomic mass is 16.5. The number of rotatable bonds is 3. The van der Waals surface area contributed by atoms with Crippen LogP contribution in [0.4, 0.5) is 0 Å². The van der Waals surface area contributed by atoms with Crippen LogP contribution in [0.15, 0.2) is 30.6 Å². The van der Waals surface area contributed by atoms with E-state index in [0.29, 0.717) is 5.56 Å². The molecule has 0 bridgehead atoms.